The third kappa shape index (κ3) is 1.76. The van der Waals surface area contributed by atoms with Crippen LogP contribution in [0.1, 0.15) is 52.4 Å². The first-order chi connectivity index (χ1) is 6.23. The van der Waals surface area contributed by atoms with Crippen LogP contribution >= 0.6 is 0 Å². The van der Waals surface area contributed by atoms with Gasteiger partial charge in [0, 0.05) is 6.04 Å². The van der Waals surface area contributed by atoms with Gasteiger partial charge >= 0.3 is 0 Å². The van der Waals surface area contributed by atoms with E-state index in [2.05, 4.69) is 19.2 Å². The highest BCUT2D eigenvalue weighted by atomic mass is 15.0. The Kier molecular flexibility index (Phi) is 2.64. The summed E-state index contributed by atoms with van der Waals surface area (Å²) < 4.78 is 0. The molecule has 1 N–H and O–H groups in total. The van der Waals surface area contributed by atoms with Crippen molar-refractivity contribution in [3.8, 4) is 0 Å². The maximum Gasteiger partial charge on any atom is 0.0124 e. The van der Waals surface area contributed by atoms with Gasteiger partial charge in [0.1, 0.15) is 0 Å². The lowest BCUT2D eigenvalue weighted by Crippen LogP contribution is -2.47. The molecule has 1 unspecified atom stereocenters. The van der Waals surface area contributed by atoms with E-state index in [-0.39, 0.29) is 0 Å². The lowest BCUT2D eigenvalue weighted by atomic mass is 9.60. The highest BCUT2D eigenvalue weighted by Crippen LogP contribution is 2.50. The maximum absolute atomic E-state index is 3.70. The Balaban J connectivity index is 1.97. The molecule has 1 aliphatic heterocycles. The van der Waals surface area contributed by atoms with Crippen molar-refractivity contribution in [2.75, 3.05) is 6.54 Å². The van der Waals surface area contributed by atoms with Crippen molar-refractivity contribution in [2.45, 2.75) is 58.4 Å². The number of nitrogens with one attached hydrogen (secondary N) is 1. The van der Waals surface area contributed by atoms with Crippen molar-refractivity contribution < 1.29 is 0 Å². The minimum Gasteiger partial charge on any atom is -0.313 e. The fourth-order valence-corrected chi connectivity index (χ4v) is 3.35. The molecule has 1 aliphatic carbocycles. The first kappa shape index (κ1) is 9.51. The van der Waals surface area contributed by atoms with Crippen LogP contribution in [-0.4, -0.2) is 12.6 Å². The van der Waals surface area contributed by atoms with Crippen LogP contribution in [0.5, 0.6) is 0 Å². The Morgan fingerprint density at radius 2 is 2.08 bits per heavy atom. The normalized spacial score (nSPS) is 32.1. The molecular formula is C12H23N. The van der Waals surface area contributed by atoms with Crippen molar-refractivity contribution in [1.29, 1.82) is 0 Å². The number of rotatable bonds is 3. The van der Waals surface area contributed by atoms with Crippen molar-refractivity contribution in [1.82, 2.24) is 5.32 Å². The average Bonchev–Trinajstić information content (AvgIpc) is 2.48. The molecule has 76 valence electrons. The van der Waals surface area contributed by atoms with Gasteiger partial charge in [-0.3, -0.25) is 0 Å². The van der Waals surface area contributed by atoms with Crippen LogP contribution in [0.4, 0.5) is 0 Å². The molecule has 2 fully saturated rings. The highest BCUT2D eigenvalue weighted by molar-refractivity contribution is 4.99. The Morgan fingerprint density at radius 3 is 2.46 bits per heavy atom. The zero-order valence-corrected chi connectivity index (χ0v) is 9.10. The largest absolute Gasteiger partial charge is 0.313 e. The van der Waals surface area contributed by atoms with Crippen LogP contribution < -0.4 is 5.32 Å². The molecule has 13 heavy (non-hydrogen) atoms. The molecule has 0 aromatic carbocycles. The first-order valence-corrected chi connectivity index (χ1v) is 5.96. The van der Waals surface area contributed by atoms with Gasteiger partial charge in [0.15, 0.2) is 0 Å². The molecule has 2 aliphatic rings. The van der Waals surface area contributed by atoms with Crippen molar-refractivity contribution in [3.05, 3.63) is 0 Å². The summed E-state index contributed by atoms with van der Waals surface area (Å²) in [6, 6.07) is 0.864. The first-order valence-electron chi connectivity index (χ1n) is 5.96. The van der Waals surface area contributed by atoms with E-state index < -0.39 is 0 Å². The van der Waals surface area contributed by atoms with Crippen LogP contribution in [0.3, 0.4) is 0 Å². The predicted octanol–water partition coefficient (Wildman–Crippen LogP) is 2.95. The zero-order valence-electron chi connectivity index (χ0n) is 9.10. The van der Waals surface area contributed by atoms with Crippen LogP contribution in [0.2, 0.25) is 0 Å². The summed E-state index contributed by atoms with van der Waals surface area (Å²) >= 11 is 0. The van der Waals surface area contributed by atoms with Gasteiger partial charge in [-0.2, -0.15) is 0 Å². The molecule has 0 bridgehead atoms. The number of hydrogen-bond donors (Lipinski definition) is 1. The molecule has 0 radical (unpaired) electrons. The van der Waals surface area contributed by atoms with Crippen molar-refractivity contribution in [2.24, 2.45) is 11.3 Å². The molecule has 1 atom stereocenters. The minimum absolute atomic E-state index is 0.713. The zero-order chi connectivity index (χ0) is 9.31. The van der Waals surface area contributed by atoms with Crippen LogP contribution in [0.25, 0.3) is 0 Å². The maximum atomic E-state index is 3.70. The SMILES string of the molecule is CC(C)CC1(C2CCCN2)CCC1. The lowest BCUT2D eigenvalue weighted by molar-refractivity contribution is 0.0565. The molecular weight excluding hydrogens is 158 g/mol. The van der Waals surface area contributed by atoms with Gasteiger partial charge in [0.05, 0.1) is 0 Å². The van der Waals surface area contributed by atoms with Gasteiger partial charge < -0.3 is 5.32 Å². The second kappa shape index (κ2) is 3.61. The molecule has 0 aromatic heterocycles. The second-order valence-electron chi connectivity index (χ2n) is 5.46. The van der Waals surface area contributed by atoms with Crippen molar-refractivity contribution >= 4 is 0 Å². The molecule has 0 aromatic rings. The molecule has 0 spiro atoms. The van der Waals surface area contributed by atoms with E-state index in [1.165, 1.54) is 45.1 Å². The summed E-state index contributed by atoms with van der Waals surface area (Å²) in [6.45, 7) is 6.01. The smallest absolute Gasteiger partial charge is 0.0124 e. The highest BCUT2D eigenvalue weighted by Gasteiger charge is 2.44. The third-order valence-corrected chi connectivity index (χ3v) is 3.96. The molecule has 0 amide bonds. The van der Waals surface area contributed by atoms with Gasteiger partial charge in [0.2, 0.25) is 0 Å². The number of hydrogen-bond acceptors (Lipinski definition) is 1. The summed E-state index contributed by atoms with van der Waals surface area (Å²) in [5.41, 5.74) is 0.713. The molecule has 1 heterocycles. The van der Waals surface area contributed by atoms with E-state index in [4.69, 9.17) is 0 Å². The molecule has 1 nitrogen and oxygen atoms in total. The predicted molar refractivity (Wildman–Crippen MR) is 56.8 cm³/mol. The Morgan fingerprint density at radius 1 is 1.31 bits per heavy atom. The lowest BCUT2D eigenvalue weighted by Gasteiger charge is -2.48. The van der Waals surface area contributed by atoms with E-state index in [0.29, 0.717) is 5.41 Å². The molecule has 2 rings (SSSR count). The summed E-state index contributed by atoms with van der Waals surface area (Å²) in [5.74, 6) is 0.877. The van der Waals surface area contributed by atoms with Gasteiger partial charge in [-0.05, 0) is 50.0 Å². The van der Waals surface area contributed by atoms with Crippen molar-refractivity contribution in [3.63, 3.8) is 0 Å². The summed E-state index contributed by atoms with van der Waals surface area (Å²) in [5, 5.41) is 3.70. The van der Waals surface area contributed by atoms with Crippen LogP contribution in [0.15, 0.2) is 0 Å². The van der Waals surface area contributed by atoms with E-state index in [1.54, 1.807) is 0 Å². The monoisotopic (exact) mass is 181 g/mol. The molecule has 1 saturated carbocycles. The molecule has 1 heteroatoms. The average molecular weight is 181 g/mol. The molecule has 1 saturated heterocycles. The standard InChI is InChI=1S/C12H23N/c1-10(2)9-12(6-4-7-12)11-5-3-8-13-11/h10-11,13H,3-9H2,1-2H3. The summed E-state index contributed by atoms with van der Waals surface area (Å²) in [4.78, 5) is 0. The van der Waals surface area contributed by atoms with E-state index >= 15 is 0 Å². The van der Waals surface area contributed by atoms with E-state index in [9.17, 15) is 0 Å². The van der Waals surface area contributed by atoms with Crippen LogP contribution in [-0.2, 0) is 0 Å². The fraction of sp³-hybridized carbons (Fsp3) is 1.00. The second-order valence-corrected chi connectivity index (χ2v) is 5.46. The van der Waals surface area contributed by atoms with Gasteiger partial charge in [-0.15, -0.1) is 0 Å². The topological polar surface area (TPSA) is 12.0 Å². The van der Waals surface area contributed by atoms with Crippen LogP contribution in [0, 0.1) is 11.3 Å². The summed E-state index contributed by atoms with van der Waals surface area (Å²) in [7, 11) is 0. The summed E-state index contributed by atoms with van der Waals surface area (Å²) in [6.07, 6.45) is 8.75. The fourth-order valence-electron chi connectivity index (χ4n) is 3.35. The van der Waals surface area contributed by atoms with Gasteiger partial charge in [0.25, 0.3) is 0 Å². The Hall–Kier alpha value is -0.0400. The Labute approximate surface area is 82.3 Å². The quantitative estimate of drug-likeness (QED) is 0.706. The van der Waals surface area contributed by atoms with Gasteiger partial charge in [-0.1, -0.05) is 20.3 Å². The van der Waals surface area contributed by atoms with Gasteiger partial charge in [-0.25, -0.2) is 0 Å². The third-order valence-electron chi connectivity index (χ3n) is 3.96. The Bertz CT molecular complexity index is 164. The minimum atomic E-state index is 0.713. The van der Waals surface area contributed by atoms with E-state index in [1.807, 2.05) is 0 Å². The van der Waals surface area contributed by atoms with E-state index in [0.717, 1.165) is 12.0 Å².